The van der Waals surface area contributed by atoms with Gasteiger partial charge in [0.05, 0.1) is 0 Å². The van der Waals surface area contributed by atoms with Crippen molar-refractivity contribution >= 4 is 45.7 Å². The summed E-state index contributed by atoms with van der Waals surface area (Å²) in [6, 6.07) is 24.8. The third-order valence-corrected chi connectivity index (χ3v) is 8.33. The number of aromatic nitrogens is 2. The first-order valence-electron chi connectivity index (χ1n) is 14.3. The summed E-state index contributed by atoms with van der Waals surface area (Å²) in [5, 5.41) is 5.95. The van der Waals surface area contributed by atoms with Gasteiger partial charge in [0, 0.05) is 55.5 Å². The van der Waals surface area contributed by atoms with Gasteiger partial charge in [-0.1, -0.05) is 65.4 Å². The van der Waals surface area contributed by atoms with Gasteiger partial charge < -0.3 is 10.2 Å². The fraction of sp³-hybridized carbons (Fsp3) is 0.176. The summed E-state index contributed by atoms with van der Waals surface area (Å²) < 4.78 is 27.9. The average Bonchev–Trinajstić information content (AvgIpc) is 3.40. The van der Waals surface area contributed by atoms with Gasteiger partial charge in [-0.05, 0) is 66.1 Å². The Morgan fingerprint density at radius 2 is 1.51 bits per heavy atom. The molecule has 0 aliphatic rings. The molecule has 5 rings (SSSR count). The summed E-state index contributed by atoms with van der Waals surface area (Å²) in [4.78, 5) is 35.7. The Morgan fingerprint density at radius 3 is 2.09 bits per heavy atom. The van der Waals surface area contributed by atoms with E-state index in [1.54, 1.807) is 59.6 Å². The number of nitrogens with zero attached hydrogens (tertiary/aromatic N) is 3. The molecule has 230 valence electrons. The number of urea groups is 1. The van der Waals surface area contributed by atoms with Crippen LogP contribution < -0.4 is 10.6 Å². The van der Waals surface area contributed by atoms with Crippen molar-refractivity contribution in [2.24, 2.45) is 0 Å². The molecular weight excluding hydrogens is 616 g/mol. The van der Waals surface area contributed by atoms with Crippen molar-refractivity contribution in [3.63, 3.8) is 0 Å². The number of hydrogen-bond donors (Lipinski definition) is 2. The Hall–Kier alpha value is -4.67. The maximum absolute atomic E-state index is 13.7. The van der Waals surface area contributed by atoms with Gasteiger partial charge in [0.2, 0.25) is 5.91 Å². The average molecular weight is 646 g/mol. The van der Waals surface area contributed by atoms with E-state index in [1.165, 1.54) is 31.2 Å². The number of carbonyl (C=O) groups is 2. The molecule has 0 aliphatic carbocycles. The van der Waals surface area contributed by atoms with Crippen LogP contribution in [0.15, 0.2) is 97.2 Å². The number of benzene rings is 3. The summed E-state index contributed by atoms with van der Waals surface area (Å²) in [6.45, 7) is 2.15. The Morgan fingerprint density at radius 1 is 0.867 bits per heavy atom. The van der Waals surface area contributed by atoms with Crippen molar-refractivity contribution in [1.82, 2.24) is 14.9 Å². The van der Waals surface area contributed by atoms with Gasteiger partial charge in [0.15, 0.2) is 5.13 Å². The zero-order valence-electron chi connectivity index (χ0n) is 24.3. The van der Waals surface area contributed by atoms with Crippen molar-refractivity contribution in [1.29, 1.82) is 0 Å². The number of pyridine rings is 1. The standard InChI is InChI=1S/C34H30ClF2N5O2S/c1-22(43)39-29-15-9-25(10-16-29)31-32(35)45-33(40-31)41-34(44)42(20-17-28-4-2-3-19-38-28)21-18-30(23-5-11-26(36)12-6-23)24-7-13-27(37)14-8-24/h2-16,19,30H,17-18,20-21H2,1H3,(H,39,43)(H,40,41,44). The van der Waals surface area contributed by atoms with Crippen LogP contribution in [0.25, 0.3) is 11.3 Å². The molecule has 0 saturated carbocycles. The van der Waals surface area contributed by atoms with E-state index in [0.717, 1.165) is 33.7 Å². The molecule has 0 fully saturated rings. The number of amides is 3. The number of nitrogens with one attached hydrogen (secondary N) is 2. The quantitative estimate of drug-likeness (QED) is 0.151. The minimum atomic E-state index is -0.360. The monoisotopic (exact) mass is 645 g/mol. The number of thiazole rings is 1. The molecule has 5 aromatic rings. The highest BCUT2D eigenvalue weighted by Crippen LogP contribution is 2.36. The van der Waals surface area contributed by atoms with E-state index in [-0.39, 0.29) is 29.5 Å². The maximum Gasteiger partial charge on any atom is 0.323 e. The first-order chi connectivity index (χ1) is 21.7. The first kappa shape index (κ1) is 31.7. The van der Waals surface area contributed by atoms with Gasteiger partial charge in [-0.2, -0.15) is 0 Å². The molecule has 0 saturated heterocycles. The van der Waals surface area contributed by atoms with Crippen LogP contribution in [0.3, 0.4) is 0 Å². The summed E-state index contributed by atoms with van der Waals surface area (Å²) in [5.41, 5.74) is 4.45. The van der Waals surface area contributed by atoms with Gasteiger partial charge in [0.25, 0.3) is 0 Å². The molecule has 0 bridgehead atoms. The normalized spacial score (nSPS) is 11.0. The lowest BCUT2D eigenvalue weighted by atomic mass is 9.88. The van der Waals surface area contributed by atoms with E-state index in [9.17, 15) is 18.4 Å². The van der Waals surface area contributed by atoms with Crippen molar-refractivity contribution < 1.29 is 18.4 Å². The van der Waals surface area contributed by atoms with Crippen LogP contribution in [-0.2, 0) is 11.2 Å². The summed E-state index contributed by atoms with van der Waals surface area (Å²) in [7, 11) is 0. The van der Waals surface area contributed by atoms with Crippen LogP contribution >= 0.6 is 22.9 Å². The molecule has 0 spiro atoms. The fourth-order valence-corrected chi connectivity index (χ4v) is 6.01. The maximum atomic E-state index is 13.7. The molecule has 7 nitrogen and oxygen atoms in total. The number of hydrogen-bond acceptors (Lipinski definition) is 5. The van der Waals surface area contributed by atoms with Crippen LogP contribution in [0.2, 0.25) is 4.34 Å². The lowest BCUT2D eigenvalue weighted by molar-refractivity contribution is -0.114. The predicted molar refractivity (Wildman–Crippen MR) is 175 cm³/mol. The van der Waals surface area contributed by atoms with Gasteiger partial charge in [-0.25, -0.2) is 18.6 Å². The lowest BCUT2D eigenvalue weighted by Crippen LogP contribution is -2.38. The van der Waals surface area contributed by atoms with Gasteiger partial charge in [0.1, 0.15) is 21.7 Å². The molecule has 11 heteroatoms. The third-order valence-electron chi connectivity index (χ3n) is 7.16. The Bertz CT molecular complexity index is 1690. The van der Waals surface area contributed by atoms with Gasteiger partial charge >= 0.3 is 6.03 Å². The zero-order chi connectivity index (χ0) is 31.8. The van der Waals surface area contributed by atoms with Gasteiger partial charge in [-0.15, -0.1) is 0 Å². The summed E-state index contributed by atoms with van der Waals surface area (Å²) >= 11 is 7.68. The largest absolute Gasteiger partial charge is 0.326 e. The molecule has 2 aromatic heterocycles. The van der Waals surface area contributed by atoms with Crippen LogP contribution in [0.1, 0.15) is 36.1 Å². The minimum absolute atomic E-state index is 0.173. The van der Waals surface area contributed by atoms with E-state index < -0.39 is 0 Å². The molecule has 2 N–H and O–H groups in total. The van der Waals surface area contributed by atoms with Crippen molar-refractivity contribution in [3.8, 4) is 11.3 Å². The van der Waals surface area contributed by atoms with E-state index >= 15 is 0 Å². The Kier molecular flexibility index (Phi) is 10.5. The molecule has 2 heterocycles. The van der Waals surface area contributed by atoms with Crippen LogP contribution in [-0.4, -0.2) is 39.9 Å². The van der Waals surface area contributed by atoms with Crippen molar-refractivity contribution in [3.05, 3.63) is 130 Å². The highest BCUT2D eigenvalue weighted by molar-refractivity contribution is 7.20. The summed E-state index contributed by atoms with van der Waals surface area (Å²) in [5.74, 6) is -1.08. The Labute approximate surface area is 268 Å². The molecule has 0 aliphatic heterocycles. The van der Waals surface area contributed by atoms with Crippen LogP contribution in [0.4, 0.5) is 24.4 Å². The molecule has 0 unspecified atom stereocenters. The second kappa shape index (κ2) is 14.9. The summed E-state index contributed by atoms with van der Waals surface area (Å²) in [6.07, 6.45) is 2.73. The SMILES string of the molecule is CC(=O)Nc1ccc(-c2nc(NC(=O)N(CCc3ccccn3)CCC(c3ccc(F)cc3)c3ccc(F)cc3)sc2Cl)cc1. The second-order valence-corrected chi connectivity index (χ2v) is 11.9. The molecule has 0 atom stereocenters. The van der Waals surface area contributed by atoms with E-state index in [2.05, 4.69) is 20.6 Å². The van der Waals surface area contributed by atoms with Crippen molar-refractivity contribution in [2.45, 2.75) is 25.7 Å². The van der Waals surface area contributed by atoms with Gasteiger partial charge in [-0.3, -0.25) is 15.1 Å². The first-order valence-corrected chi connectivity index (χ1v) is 15.5. The smallest absolute Gasteiger partial charge is 0.323 e. The number of halogens is 3. The third kappa shape index (κ3) is 8.71. The minimum Gasteiger partial charge on any atom is -0.326 e. The van der Waals surface area contributed by atoms with E-state index in [4.69, 9.17) is 11.6 Å². The number of anilines is 2. The zero-order valence-corrected chi connectivity index (χ0v) is 25.9. The Balaban J connectivity index is 1.35. The molecule has 3 amide bonds. The predicted octanol–water partition coefficient (Wildman–Crippen LogP) is 8.39. The molecular formula is C34H30ClF2N5O2S. The highest BCUT2D eigenvalue weighted by Gasteiger charge is 2.22. The van der Waals surface area contributed by atoms with Crippen LogP contribution in [0, 0.1) is 11.6 Å². The second-order valence-electron chi connectivity index (χ2n) is 10.3. The molecule has 3 aromatic carbocycles. The van der Waals surface area contributed by atoms with Crippen LogP contribution in [0.5, 0.6) is 0 Å². The van der Waals surface area contributed by atoms with E-state index in [1.807, 2.05) is 18.2 Å². The number of rotatable bonds is 11. The molecule has 45 heavy (non-hydrogen) atoms. The molecule has 0 radical (unpaired) electrons. The highest BCUT2D eigenvalue weighted by atomic mass is 35.5. The topological polar surface area (TPSA) is 87.2 Å². The van der Waals surface area contributed by atoms with Crippen molar-refractivity contribution in [2.75, 3.05) is 23.7 Å². The number of carbonyl (C=O) groups excluding carboxylic acids is 2. The fourth-order valence-electron chi connectivity index (χ4n) is 4.93. The van der Waals surface area contributed by atoms with E-state index in [0.29, 0.717) is 46.8 Å². The lowest BCUT2D eigenvalue weighted by Gasteiger charge is -2.26.